The average molecular weight is 464 g/mol. The lowest BCUT2D eigenvalue weighted by molar-refractivity contribution is -0.140. The van der Waals surface area contributed by atoms with Crippen LogP contribution in [0.5, 0.6) is 0 Å². The predicted octanol–water partition coefficient (Wildman–Crippen LogP) is 3.37. The third kappa shape index (κ3) is 5.53. The third-order valence-corrected chi connectivity index (χ3v) is 6.67. The number of halogens is 1. The summed E-state index contributed by atoms with van der Waals surface area (Å²) >= 11 is 0. The van der Waals surface area contributed by atoms with Crippen molar-refractivity contribution < 1.29 is 18.8 Å². The van der Waals surface area contributed by atoms with Gasteiger partial charge in [-0.15, -0.1) is 0 Å². The number of hydrogen-bond donors (Lipinski definition) is 0. The lowest BCUT2D eigenvalue weighted by atomic mass is 9.94. The molecule has 0 radical (unpaired) electrons. The molecule has 2 aliphatic heterocycles. The van der Waals surface area contributed by atoms with Crippen LogP contribution in [0.2, 0.25) is 0 Å². The van der Waals surface area contributed by atoms with Crippen LogP contribution in [0, 0.1) is 18.7 Å². The van der Waals surface area contributed by atoms with E-state index < -0.39 is 0 Å². The summed E-state index contributed by atoms with van der Waals surface area (Å²) in [4.78, 5) is 43.5. The number of aryl methyl sites for hydroxylation is 1. The molecule has 2 aliphatic rings. The first kappa shape index (κ1) is 23.7. The summed E-state index contributed by atoms with van der Waals surface area (Å²) in [5, 5.41) is 0. The van der Waals surface area contributed by atoms with E-state index in [-0.39, 0.29) is 29.5 Å². The molecule has 4 rings (SSSR count). The molecule has 0 N–H and O–H groups in total. The lowest BCUT2D eigenvalue weighted by Gasteiger charge is -2.38. The molecule has 0 aliphatic carbocycles. The first-order valence-electron chi connectivity index (χ1n) is 11.8. The van der Waals surface area contributed by atoms with E-state index in [1.807, 2.05) is 41.3 Å². The minimum Gasteiger partial charge on any atom is -0.339 e. The molecule has 2 heterocycles. The van der Waals surface area contributed by atoms with Crippen LogP contribution >= 0.6 is 0 Å². The molecule has 7 heteroatoms. The second-order valence-corrected chi connectivity index (χ2v) is 8.93. The standard InChI is InChI=1S/C27H30FN3O3/c1-20-7-9-23(19-24(20)28)27(34)31-17-15-30(16-18-31)26(33)22-11-13-29(14-12-22)25(32)10-8-21-5-3-2-4-6-21/h2-10,19,22H,11-18H2,1H3. The number of nitrogens with zero attached hydrogens (tertiary/aromatic N) is 3. The van der Waals surface area contributed by atoms with Gasteiger partial charge in [-0.25, -0.2) is 4.39 Å². The highest BCUT2D eigenvalue weighted by Gasteiger charge is 2.32. The number of piperidine rings is 1. The fourth-order valence-electron chi connectivity index (χ4n) is 4.48. The number of carbonyl (C=O) groups is 3. The van der Waals surface area contributed by atoms with Gasteiger partial charge in [-0.2, -0.15) is 0 Å². The SMILES string of the molecule is Cc1ccc(C(=O)N2CCN(C(=O)C3CCN(C(=O)C=Cc4ccccc4)CC3)CC2)cc1F. The van der Waals surface area contributed by atoms with Crippen LogP contribution in [0.1, 0.15) is 34.3 Å². The second-order valence-electron chi connectivity index (χ2n) is 8.93. The number of rotatable bonds is 4. The zero-order valence-corrected chi connectivity index (χ0v) is 19.5. The summed E-state index contributed by atoms with van der Waals surface area (Å²) in [7, 11) is 0. The van der Waals surface area contributed by atoms with E-state index in [4.69, 9.17) is 0 Å². The molecule has 2 aromatic rings. The van der Waals surface area contributed by atoms with Crippen molar-refractivity contribution in [2.75, 3.05) is 39.3 Å². The van der Waals surface area contributed by atoms with Gasteiger partial charge < -0.3 is 14.7 Å². The molecule has 0 aromatic heterocycles. The Hall–Kier alpha value is -3.48. The fraction of sp³-hybridized carbons (Fsp3) is 0.370. The van der Waals surface area contributed by atoms with Gasteiger partial charge in [0.05, 0.1) is 0 Å². The monoisotopic (exact) mass is 463 g/mol. The molecule has 2 aromatic carbocycles. The Labute approximate surface area is 199 Å². The van der Waals surface area contributed by atoms with Crippen LogP contribution in [0.15, 0.2) is 54.6 Å². The Balaban J connectivity index is 1.24. The van der Waals surface area contributed by atoms with E-state index in [1.54, 1.807) is 34.9 Å². The van der Waals surface area contributed by atoms with Gasteiger partial charge in [0, 0.05) is 56.8 Å². The van der Waals surface area contributed by atoms with Gasteiger partial charge in [-0.3, -0.25) is 14.4 Å². The molecule has 0 saturated carbocycles. The highest BCUT2D eigenvalue weighted by molar-refractivity contribution is 5.94. The smallest absolute Gasteiger partial charge is 0.254 e. The number of carbonyl (C=O) groups excluding carboxylic acids is 3. The Morgan fingerprint density at radius 3 is 2.15 bits per heavy atom. The van der Waals surface area contributed by atoms with Gasteiger partial charge in [-0.1, -0.05) is 36.4 Å². The molecule has 178 valence electrons. The van der Waals surface area contributed by atoms with Crippen molar-refractivity contribution >= 4 is 23.8 Å². The van der Waals surface area contributed by atoms with Crippen LogP contribution in [-0.2, 0) is 9.59 Å². The van der Waals surface area contributed by atoms with Gasteiger partial charge in [0.1, 0.15) is 5.82 Å². The number of likely N-dealkylation sites (tertiary alicyclic amines) is 1. The summed E-state index contributed by atoms with van der Waals surface area (Å²) in [5.74, 6) is -0.633. The normalized spacial score (nSPS) is 17.3. The van der Waals surface area contributed by atoms with E-state index in [0.717, 1.165) is 5.56 Å². The van der Waals surface area contributed by atoms with Crippen LogP contribution in [-0.4, -0.2) is 71.7 Å². The van der Waals surface area contributed by atoms with E-state index in [1.165, 1.54) is 6.07 Å². The van der Waals surface area contributed by atoms with Crippen molar-refractivity contribution in [3.8, 4) is 0 Å². The quantitative estimate of drug-likeness (QED) is 0.654. The Morgan fingerprint density at radius 1 is 0.853 bits per heavy atom. The Kier molecular flexibility index (Phi) is 7.40. The van der Waals surface area contributed by atoms with E-state index >= 15 is 0 Å². The molecule has 0 unspecified atom stereocenters. The molecular formula is C27H30FN3O3. The van der Waals surface area contributed by atoms with Gasteiger partial charge >= 0.3 is 0 Å². The average Bonchev–Trinajstić information content (AvgIpc) is 2.89. The summed E-state index contributed by atoms with van der Waals surface area (Å²) in [5.41, 5.74) is 1.82. The summed E-state index contributed by atoms with van der Waals surface area (Å²) in [6.45, 7) is 4.59. The number of hydrogen-bond acceptors (Lipinski definition) is 3. The molecule has 3 amide bonds. The molecule has 2 fully saturated rings. The summed E-state index contributed by atoms with van der Waals surface area (Å²) in [6.07, 6.45) is 4.69. The Bertz CT molecular complexity index is 1070. The molecule has 2 saturated heterocycles. The van der Waals surface area contributed by atoms with Crippen molar-refractivity contribution in [3.63, 3.8) is 0 Å². The number of piperazine rings is 1. The molecule has 0 atom stereocenters. The maximum absolute atomic E-state index is 13.8. The topological polar surface area (TPSA) is 60.9 Å². The maximum atomic E-state index is 13.8. The van der Waals surface area contributed by atoms with Gasteiger partial charge in [-0.05, 0) is 49.1 Å². The van der Waals surface area contributed by atoms with Crippen molar-refractivity contribution in [2.24, 2.45) is 5.92 Å². The minimum absolute atomic E-state index is 0.0329. The molecule has 6 nitrogen and oxygen atoms in total. The van der Waals surface area contributed by atoms with Crippen LogP contribution in [0.25, 0.3) is 6.08 Å². The van der Waals surface area contributed by atoms with Gasteiger partial charge in [0.25, 0.3) is 5.91 Å². The van der Waals surface area contributed by atoms with E-state index in [2.05, 4.69) is 0 Å². The zero-order chi connectivity index (χ0) is 24.1. The van der Waals surface area contributed by atoms with Crippen LogP contribution < -0.4 is 0 Å². The summed E-state index contributed by atoms with van der Waals surface area (Å²) < 4.78 is 13.8. The van der Waals surface area contributed by atoms with Crippen molar-refractivity contribution in [1.82, 2.24) is 14.7 Å². The first-order valence-corrected chi connectivity index (χ1v) is 11.8. The second kappa shape index (κ2) is 10.6. The molecule has 0 spiro atoms. The number of benzene rings is 2. The lowest BCUT2D eigenvalue weighted by Crippen LogP contribution is -2.53. The number of amides is 3. The van der Waals surface area contributed by atoms with Crippen LogP contribution in [0.4, 0.5) is 4.39 Å². The van der Waals surface area contributed by atoms with Crippen LogP contribution in [0.3, 0.4) is 0 Å². The minimum atomic E-state index is -0.389. The van der Waals surface area contributed by atoms with Crippen molar-refractivity contribution in [1.29, 1.82) is 0 Å². The molecule has 34 heavy (non-hydrogen) atoms. The third-order valence-electron chi connectivity index (χ3n) is 6.67. The highest BCUT2D eigenvalue weighted by atomic mass is 19.1. The maximum Gasteiger partial charge on any atom is 0.254 e. The summed E-state index contributed by atoms with van der Waals surface area (Å²) in [6, 6.07) is 14.2. The zero-order valence-electron chi connectivity index (χ0n) is 19.5. The van der Waals surface area contributed by atoms with Gasteiger partial charge in [0.2, 0.25) is 11.8 Å². The first-order chi connectivity index (χ1) is 16.4. The van der Waals surface area contributed by atoms with Crippen molar-refractivity contribution in [3.05, 3.63) is 77.1 Å². The van der Waals surface area contributed by atoms with E-state index in [9.17, 15) is 18.8 Å². The van der Waals surface area contributed by atoms with Crippen molar-refractivity contribution in [2.45, 2.75) is 19.8 Å². The molecule has 0 bridgehead atoms. The van der Waals surface area contributed by atoms with Gasteiger partial charge in [0.15, 0.2) is 0 Å². The largest absolute Gasteiger partial charge is 0.339 e. The predicted molar refractivity (Wildman–Crippen MR) is 128 cm³/mol. The highest BCUT2D eigenvalue weighted by Crippen LogP contribution is 2.22. The fourth-order valence-corrected chi connectivity index (χ4v) is 4.48. The van der Waals surface area contributed by atoms with E-state index in [0.29, 0.717) is 63.2 Å². The Morgan fingerprint density at radius 2 is 1.50 bits per heavy atom. The molecular weight excluding hydrogens is 433 g/mol.